The number of nitrogens with zero attached hydrogens (tertiary/aromatic N) is 2. The lowest BCUT2D eigenvalue weighted by molar-refractivity contribution is -0.129. The molecule has 0 aliphatic rings. The molecular formula is C9H21N3O. The van der Waals surface area contributed by atoms with E-state index in [1.807, 2.05) is 0 Å². The van der Waals surface area contributed by atoms with E-state index >= 15 is 0 Å². The second kappa shape index (κ2) is 6.86. The van der Waals surface area contributed by atoms with Gasteiger partial charge in [0.05, 0.1) is 6.54 Å². The molecule has 0 aromatic carbocycles. The van der Waals surface area contributed by atoms with Crippen molar-refractivity contribution in [1.82, 2.24) is 9.80 Å². The highest BCUT2D eigenvalue weighted by atomic mass is 16.2. The van der Waals surface area contributed by atoms with Gasteiger partial charge < -0.3 is 10.6 Å². The Kier molecular flexibility index (Phi) is 6.54. The lowest BCUT2D eigenvalue weighted by Gasteiger charge is -2.21. The standard InChI is InChI=1S/C9H21N3O/c1-4-6-12(7-5-10)8-9(13)11(2)3/h4-8,10H2,1-3H3. The van der Waals surface area contributed by atoms with Gasteiger partial charge in [0.2, 0.25) is 5.91 Å². The first kappa shape index (κ1) is 12.4. The van der Waals surface area contributed by atoms with Gasteiger partial charge >= 0.3 is 0 Å². The van der Waals surface area contributed by atoms with E-state index in [1.54, 1.807) is 19.0 Å². The quantitative estimate of drug-likeness (QED) is 0.623. The van der Waals surface area contributed by atoms with Crippen LogP contribution in [0.1, 0.15) is 13.3 Å². The first-order valence-corrected chi connectivity index (χ1v) is 4.74. The molecule has 0 aliphatic heterocycles. The molecule has 0 spiro atoms. The maximum atomic E-state index is 11.3. The van der Waals surface area contributed by atoms with Gasteiger partial charge in [-0.25, -0.2) is 0 Å². The van der Waals surface area contributed by atoms with Crippen molar-refractivity contribution in [2.24, 2.45) is 5.73 Å². The number of carbonyl (C=O) groups excluding carboxylic acids is 1. The lowest BCUT2D eigenvalue weighted by Crippen LogP contribution is -2.39. The smallest absolute Gasteiger partial charge is 0.236 e. The average molecular weight is 187 g/mol. The molecule has 0 unspecified atom stereocenters. The Bertz CT molecular complexity index is 142. The highest BCUT2D eigenvalue weighted by molar-refractivity contribution is 5.77. The molecule has 0 aromatic heterocycles. The summed E-state index contributed by atoms with van der Waals surface area (Å²) < 4.78 is 0. The monoisotopic (exact) mass is 187 g/mol. The molecule has 0 rings (SSSR count). The highest BCUT2D eigenvalue weighted by Crippen LogP contribution is 1.92. The van der Waals surface area contributed by atoms with Gasteiger partial charge in [-0.1, -0.05) is 6.92 Å². The van der Waals surface area contributed by atoms with E-state index < -0.39 is 0 Å². The predicted octanol–water partition coefficient (Wildman–Crippen LogP) is -0.255. The largest absolute Gasteiger partial charge is 0.348 e. The third kappa shape index (κ3) is 5.60. The Morgan fingerprint density at radius 3 is 2.31 bits per heavy atom. The van der Waals surface area contributed by atoms with Crippen molar-refractivity contribution < 1.29 is 4.79 Å². The zero-order valence-electron chi connectivity index (χ0n) is 8.92. The Labute approximate surface area is 80.7 Å². The minimum Gasteiger partial charge on any atom is -0.348 e. The van der Waals surface area contributed by atoms with Gasteiger partial charge in [0.15, 0.2) is 0 Å². The number of carbonyl (C=O) groups is 1. The van der Waals surface area contributed by atoms with Gasteiger partial charge in [-0.3, -0.25) is 9.69 Å². The van der Waals surface area contributed by atoms with Crippen molar-refractivity contribution >= 4 is 5.91 Å². The Morgan fingerprint density at radius 2 is 1.92 bits per heavy atom. The summed E-state index contributed by atoms with van der Waals surface area (Å²) >= 11 is 0. The Hall–Kier alpha value is -0.610. The van der Waals surface area contributed by atoms with Crippen LogP contribution < -0.4 is 5.73 Å². The molecule has 13 heavy (non-hydrogen) atoms. The SMILES string of the molecule is CCCN(CCN)CC(=O)N(C)C. The van der Waals surface area contributed by atoms with Crippen LogP contribution in [0.5, 0.6) is 0 Å². The summed E-state index contributed by atoms with van der Waals surface area (Å²) in [5.41, 5.74) is 5.44. The molecule has 0 radical (unpaired) electrons. The van der Waals surface area contributed by atoms with Crippen LogP contribution in [-0.2, 0) is 4.79 Å². The summed E-state index contributed by atoms with van der Waals surface area (Å²) in [6.45, 7) is 4.94. The minimum absolute atomic E-state index is 0.141. The first-order valence-electron chi connectivity index (χ1n) is 4.74. The molecule has 0 saturated carbocycles. The van der Waals surface area contributed by atoms with Crippen molar-refractivity contribution in [1.29, 1.82) is 0 Å². The van der Waals surface area contributed by atoms with E-state index in [2.05, 4.69) is 11.8 Å². The molecule has 0 aliphatic carbocycles. The van der Waals surface area contributed by atoms with E-state index in [9.17, 15) is 4.79 Å². The summed E-state index contributed by atoms with van der Waals surface area (Å²) in [5, 5.41) is 0. The van der Waals surface area contributed by atoms with Crippen LogP contribution in [0, 0.1) is 0 Å². The molecule has 4 heteroatoms. The van der Waals surface area contributed by atoms with E-state index in [0.29, 0.717) is 13.1 Å². The molecule has 2 N–H and O–H groups in total. The molecule has 0 heterocycles. The Morgan fingerprint density at radius 1 is 1.31 bits per heavy atom. The normalized spacial score (nSPS) is 10.5. The molecule has 0 fully saturated rings. The molecule has 0 bridgehead atoms. The summed E-state index contributed by atoms with van der Waals surface area (Å²) in [6.07, 6.45) is 1.06. The number of amides is 1. The van der Waals surface area contributed by atoms with E-state index in [1.165, 1.54) is 0 Å². The van der Waals surface area contributed by atoms with Crippen LogP contribution in [0.2, 0.25) is 0 Å². The van der Waals surface area contributed by atoms with Gasteiger partial charge in [0.25, 0.3) is 0 Å². The van der Waals surface area contributed by atoms with Crippen LogP contribution >= 0.6 is 0 Å². The Balaban J connectivity index is 3.86. The molecular weight excluding hydrogens is 166 g/mol. The summed E-state index contributed by atoms with van der Waals surface area (Å²) in [5.74, 6) is 0.141. The zero-order valence-corrected chi connectivity index (χ0v) is 8.92. The van der Waals surface area contributed by atoms with Gasteiger partial charge in [-0.2, -0.15) is 0 Å². The van der Waals surface area contributed by atoms with E-state index in [4.69, 9.17) is 5.73 Å². The van der Waals surface area contributed by atoms with Gasteiger partial charge in [0, 0.05) is 27.2 Å². The lowest BCUT2D eigenvalue weighted by atomic mass is 10.3. The van der Waals surface area contributed by atoms with Crippen molar-refractivity contribution in [2.75, 3.05) is 40.3 Å². The number of nitrogens with two attached hydrogens (primary N) is 1. The fourth-order valence-electron chi connectivity index (χ4n) is 1.10. The van der Waals surface area contributed by atoms with Crippen LogP contribution in [-0.4, -0.2) is 56.0 Å². The number of hydrogen-bond donors (Lipinski definition) is 1. The summed E-state index contributed by atoms with van der Waals surface area (Å²) in [4.78, 5) is 15.0. The van der Waals surface area contributed by atoms with Crippen molar-refractivity contribution in [3.8, 4) is 0 Å². The maximum absolute atomic E-state index is 11.3. The van der Waals surface area contributed by atoms with Crippen molar-refractivity contribution in [3.05, 3.63) is 0 Å². The predicted molar refractivity (Wildman–Crippen MR) is 54.5 cm³/mol. The fourth-order valence-corrected chi connectivity index (χ4v) is 1.10. The number of likely N-dealkylation sites (N-methyl/N-ethyl adjacent to an activating group) is 1. The number of rotatable bonds is 6. The summed E-state index contributed by atoms with van der Waals surface area (Å²) in [6, 6.07) is 0. The maximum Gasteiger partial charge on any atom is 0.236 e. The van der Waals surface area contributed by atoms with E-state index in [0.717, 1.165) is 19.5 Å². The fraction of sp³-hybridized carbons (Fsp3) is 0.889. The molecule has 4 nitrogen and oxygen atoms in total. The van der Waals surface area contributed by atoms with Gasteiger partial charge in [0.1, 0.15) is 0 Å². The molecule has 0 aromatic rings. The third-order valence-corrected chi connectivity index (χ3v) is 1.84. The number of hydrogen-bond acceptors (Lipinski definition) is 3. The molecule has 0 atom stereocenters. The molecule has 1 amide bonds. The zero-order chi connectivity index (χ0) is 10.3. The highest BCUT2D eigenvalue weighted by Gasteiger charge is 2.09. The minimum atomic E-state index is 0.141. The average Bonchev–Trinajstić information content (AvgIpc) is 2.05. The molecule has 78 valence electrons. The van der Waals surface area contributed by atoms with Gasteiger partial charge in [-0.05, 0) is 13.0 Å². The molecule has 0 saturated heterocycles. The van der Waals surface area contributed by atoms with Crippen LogP contribution in [0.4, 0.5) is 0 Å². The van der Waals surface area contributed by atoms with Crippen LogP contribution in [0.25, 0.3) is 0 Å². The second-order valence-electron chi connectivity index (χ2n) is 3.35. The van der Waals surface area contributed by atoms with Gasteiger partial charge in [-0.15, -0.1) is 0 Å². The first-order chi connectivity index (χ1) is 6.11. The topological polar surface area (TPSA) is 49.6 Å². The third-order valence-electron chi connectivity index (χ3n) is 1.84. The van der Waals surface area contributed by atoms with Crippen LogP contribution in [0.3, 0.4) is 0 Å². The van der Waals surface area contributed by atoms with Crippen LogP contribution in [0.15, 0.2) is 0 Å². The second-order valence-corrected chi connectivity index (χ2v) is 3.35. The van der Waals surface area contributed by atoms with Crippen molar-refractivity contribution in [3.63, 3.8) is 0 Å². The summed E-state index contributed by atoms with van der Waals surface area (Å²) in [7, 11) is 3.55. The van der Waals surface area contributed by atoms with Crippen molar-refractivity contribution in [2.45, 2.75) is 13.3 Å². The van der Waals surface area contributed by atoms with E-state index in [-0.39, 0.29) is 5.91 Å².